The summed E-state index contributed by atoms with van der Waals surface area (Å²) in [5, 5.41) is 20.1. The molecule has 2 aromatic rings. The molecule has 0 aliphatic carbocycles. The van der Waals surface area contributed by atoms with Crippen molar-refractivity contribution in [3.05, 3.63) is 42.4 Å². The van der Waals surface area contributed by atoms with E-state index in [2.05, 4.69) is 37.0 Å². The average molecular weight is 448 g/mol. The molecule has 2 N–H and O–H groups in total. The van der Waals surface area contributed by atoms with Gasteiger partial charge in [0.05, 0.1) is 13.1 Å². The van der Waals surface area contributed by atoms with Crippen LogP contribution in [0.1, 0.15) is 12.8 Å². The third-order valence-corrected chi connectivity index (χ3v) is 5.83. The van der Waals surface area contributed by atoms with Gasteiger partial charge in [-0.05, 0) is 20.2 Å². The second kappa shape index (κ2) is 11.9. The molecule has 2 aliphatic heterocycles. The molecule has 0 unspecified atom stereocenters. The number of quaternary nitrogens is 1. The first-order valence-corrected chi connectivity index (χ1v) is 9.76. The molecular formula is C22H32MnN3NaO2+3. The first-order valence-electron chi connectivity index (χ1n) is 9.76. The van der Waals surface area contributed by atoms with Gasteiger partial charge in [-0.3, -0.25) is 0 Å². The third-order valence-electron chi connectivity index (χ3n) is 5.83. The molecule has 0 aromatic heterocycles. The molecule has 0 radical (unpaired) electrons. The SMILES string of the molecule is CN1CCC[N+]2(C)CCCN(C)C[C-]2C1.Oc1cc2c[c-]ccc2cc1O.[Mn+3].[Na+]. The summed E-state index contributed by atoms with van der Waals surface area (Å²) in [5.74, 6) is -0.184. The van der Waals surface area contributed by atoms with Gasteiger partial charge in [-0.2, -0.15) is 24.3 Å². The van der Waals surface area contributed by atoms with Gasteiger partial charge in [-0.1, -0.05) is 25.2 Å². The molecule has 7 heteroatoms. The Bertz CT molecular complexity index is 718. The predicted octanol–water partition coefficient (Wildman–Crippen LogP) is -0.311. The fraction of sp³-hybridized carbons (Fsp3) is 0.500. The van der Waals surface area contributed by atoms with Crippen molar-refractivity contribution in [3.8, 4) is 11.5 Å². The van der Waals surface area contributed by atoms with E-state index in [-0.39, 0.29) is 58.1 Å². The van der Waals surface area contributed by atoms with Crippen molar-refractivity contribution in [3.63, 3.8) is 0 Å². The maximum atomic E-state index is 9.16. The van der Waals surface area contributed by atoms with Crippen LogP contribution in [-0.2, 0) is 17.1 Å². The van der Waals surface area contributed by atoms with Gasteiger partial charge >= 0.3 is 46.6 Å². The van der Waals surface area contributed by atoms with Crippen LogP contribution in [0.5, 0.6) is 11.5 Å². The van der Waals surface area contributed by atoms with Crippen molar-refractivity contribution in [2.75, 3.05) is 60.4 Å². The number of phenolic OH excluding ortho intramolecular Hbond substituents is 2. The quantitative estimate of drug-likeness (QED) is 0.251. The number of aromatic hydroxyl groups is 2. The number of hydrogen-bond donors (Lipinski definition) is 2. The molecule has 0 spiro atoms. The van der Waals surface area contributed by atoms with Gasteiger partial charge < -0.3 is 24.5 Å². The number of phenols is 2. The van der Waals surface area contributed by atoms with E-state index in [9.17, 15) is 0 Å². The number of rotatable bonds is 0. The van der Waals surface area contributed by atoms with Crippen LogP contribution in [0.4, 0.5) is 0 Å². The van der Waals surface area contributed by atoms with Crippen molar-refractivity contribution in [1.29, 1.82) is 0 Å². The van der Waals surface area contributed by atoms with Crippen LogP contribution in [0.2, 0.25) is 0 Å². The van der Waals surface area contributed by atoms with E-state index in [4.69, 9.17) is 10.2 Å². The third kappa shape index (κ3) is 7.12. The van der Waals surface area contributed by atoms with Crippen LogP contribution in [0.3, 0.4) is 0 Å². The molecule has 2 heterocycles. The number of nitrogens with zero attached hydrogens (tertiary/aromatic N) is 3. The molecule has 0 amide bonds. The van der Waals surface area contributed by atoms with E-state index in [0.29, 0.717) is 0 Å². The Morgan fingerprint density at radius 2 is 1.48 bits per heavy atom. The zero-order valence-corrected chi connectivity index (χ0v) is 21.3. The van der Waals surface area contributed by atoms with Gasteiger partial charge in [0, 0.05) is 33.0 Å². The number of hydrogen-bond acceptors (Lipinski definition) is 4. The topological polar surface area (TPSA) is 46.9 Å². The fourth-order valence-corrected chi connectivity index (χ4v) is 4.13. The van der Waals surface area contributed by atoms with Gasteiger partial charge in [0.25, 0.3) is 0 Å². The Kier molecular flexibility index (Phi) is 11.0. The largest absolute Gasteiger partial charge is 3.00 e. The van der Waals surface area contributed by atoms with E-state index in [1.807, 2.05) is 6.07 Å². The predicted molar refractivity (Wildman–Crippen MR) is 110 cm³/mol. The second-order valence-electron chi connectivity index (χ2n) is 8.21. The smallest absolute Gasteiger partial charge is 0.505 e. The standard InChI is InChI=1S/C12H25N3.C10H7O2.Mn.Na/c1-13-6-4-8-15(3)9-5-7-14(2)11-12(15)10-13;11-9-5-7-3-1-2-4-8(7)6-10(9)12;;/h4-11H2,1-3H3;1,3-6,11-12H;;/q;-1;+3;+1. The Labute approximate surface area is 208 Å². The summed E-state index contributed by atoms with van der Waals surface area (Å²) in [6.45, 7) is 7.60. The van der Waals surface area contributed by atoms with Crippen molar-refractivity contribution in [2.24, 2.45) is 0 Å². The zero-order chi connectivity index (χ0) is 19.4. The molecule has 5 nitrogen and oxygen atoms in total. The molecule has 0 atom stereocenters. The Hall–Kier alpha value is -0.301. The van der Waals surface area contributed by atoms with Gasteiger partial charge in [0.2, 0.25) is 0 Å². The fourth-order valence-electron chi connectivity index (χ4n) is 4.13. The van der Waals surface area contributed by atoms with Crippen LogP contribution in [0, 0.1) is 12.1 Å². The van der Waals surface area contributed by atoms with Gasteiger partial charge in [-0.15, -0.1) is 10.8 Å². The van der Waals surface area contributed by atoms with E-state index < -0.39 is 0 Å². The summed E-state index contributed by atoms with van der Waals surface area (Å²) in [4.78, 5) is 4.97. The molecule has 0 saturated carbocycles. The van der Waals surface area contributed by atoms with Gasteiger partial charge in [-0.25, -0.2) is 0 Å². The molecule has 2 fully saturated rings. The van der Waals surface area contributed by atoms with E-state index in [1.54, 1.807) is 18.2 Å². The summed E-state index contributed by atoms with van der Waals surface area (Å²) in [6, 6.07) is 13.0. The number of fused-ring (bicyclic) bond motifs is 2. The number of likely N-dealkylation sites (N-methyl/N-ethyl adjacent to an activating group) is 3. The zero-order valence-electron chi connectivity index (χ0n) is 18.2. The summed E-state index contributed by atoms with van der Waals surface area (Å²) < 4.78 is 1.23. The summed E-state index contributed by atoms with van der Waals surface area (Å²) in [7, 11) is 6.95. The number of benzene rings is 2. The van der Waals surface area contributed by atoms with Crippen molar-refractivity contribution >= 4 is 10.8 Å². The molecule has 0 bridgehead atoms. The van der Waals surface area contributed by atoms with Crippen molar-refractivity contribution in [2.45, 2.75) is 12.8 Å². The Morgan fingerprint density at radius 1 is 0.966 bits per heavy atom. The van der Waals surface area contributed by atoms with Crippen LogP contribution in [0.15, 0.2) is 30.3 Å². The average Bonchev–Trinajstić information content (AvgIpc) is 2.83. The first kappa shape index (κ1) is 26.7. The summed E-state index contributed by atoms with van der Waals surface area (Å²) in [6.07, 6.45) is 2.69. The van der Waals surface area contributed by atoms with Crippen LogP contribution >= 0.6 is 0 Å². The summed E-state index contributed by atoms with van der Waals surface area (Å²) >= 11 is 0. The minimum atomic E-state index is -0.0953. The molecule has 152 valence electrons. The maximum Gasteiger partial charge on any atom is 3.00 e. The normalized spacial score (nSPS) is 20.1. The van der Waals surface area contributed by atoms with Crippen LogP contribution < -0.4 is 29.6 Å². The summed E-state index contributed by atoms with van der Waals surface area (Å²) in [5.41, 5.74) is 0. The van der Waals surface area contributed by atoms with Crippen LogP contribution in [-0.4, -0.2) is 84.9 Å². The second-order valence-corrected chi connectivity index (χ2v) is 8.21. The van der Waals surface area contributed by atoms with Crippen LogP contribution in [0.25, 0.3) is 10.8 Å². The minimum Gasteiger partial charge on any atom is -0.505 e. The Morgan fingerprint density at radius 3 is 2.03 bits per heavy atom. The Balaban J connectivity index is 0.000000277. The van der Waals surface area contributed by atoms with E-state index in [0.717, 1.165) is 10.8 Å². The first-order chi connectivity index (χ1) is 12.9. The monoisotopic (exact) mass is 448 g/mol. The van der Waals surface area contributed by atoms with Crippen molar-refractivity contribution < 1.29 is 61.3 Å². The van der Waals surface area contributed by atoms with Crippen molar-refractivity contribution in [1.82, 2.24) is 9.80 Å². The maximum absolute atomic E-state index is 9.16. The van der Waals surface area contributed by atoms with E-state index >= 15 is 0 Å². The molecule has 4 rings (SSSR count). The molecule has 29 heavy (non-hydrogen) atoms. The molecule has 2 aromatic carbocycles. The minimum absolute atomic E-state index is 0. The van der Waals surface area contributed by atoms with Gasteiger partial charge in [0.1, 0.15) is 5.75 Å². The molecule has 2 saturated heterocycles. The van der Waals surface area contributed by atoms with E-state index in [1.165, 1.54) is 68.7 Å². The van der Waals surface area contributed by atoms with Gasteiger partial charge in [0.15, 0.2) is 5.75 Å². The molecule has 2 aliphatic rings. The molecular weight excluding hydrogens is 416 g/mol.